The van der Waals surface area contributed by atoms with E-state index in [-0.39, 0.29) is 24.7 Å². The van der Waals surface area contributed by atoms with Crippen molar-refractivity contribution < 1.29 is 9.59 Å². The number of benzene rings is 1. The Labute approximate surface area is 104 Å². The van der Waals surface area contributed by atoms with Gasteiger partial charge < -0.3 is 4.90 Å². The third-order valence-corrected chi connectivity index (χ3v) is 3.11. The SMILES string of the molecule is O=C1CC(=O)N(Cc2cc3ccccc3cn2)C1. The molecule has 1 aromatic carbocycles. The number of carbonyl (C=O) groups excluding carboxylic acids is 2. The number of rotatable bonds is 2. The van der Waals surface area contributed by atoms with Crippen LogP contribution in [0.1, 0.15) is 12.1 Å². The lowest BCUT2D eigenvalue weighted by Crippen LogP contribution is -2.25. The predicted molar refractivity (Wildman–Crippen MR) is 66.8 cm³/mol. The summed E-state index contributed by atoms with van der Waals surface area (Å²) in [5.41, 5.74) is 0.816. The Balaban J connectivity index is 1.87. The molecule has 1 aliphatic heterocycles. The smallest absolute Gasteiger partial charge is 0.230 e. The number of nitrogens with zero attached hydrogens (tertiary/aromatic N) is 2. The molecule has 2 heterocycles. The molecule has 0 bridgehead atoms. The highest BCUT2D eigenvalue weighted by Gasteiger charge is 2.27. The fourth-order valence-electron chi connectivity index (χ4n) is 2.19. The summed E-state index contributed by atoms with van der Waals surface area (Å²) in [6, 6.07) is 9.91. The first-order chi connectivity index (χ1) is 8.72. The van der Waals surface area contributed by atoms with Crippen LogP contribution in [0.3, 0.4) is 0 Å². The molecular formula is C14H12N2O2. The van der Waals surface area contributed by atoms with E-state index in [4.69, 9.17) is 0 Å². The maximum atomic E-state index is 11.5. The molecular weight excluding hydrogens is 228 g/mol. The first-order valence-electron chi connectivity index (χ1n) is 5.85. The Kier molecular flexibility index (Phi) is 2.55. The first kappa shape index (κ1) is 10.9. The van der Waals surface area contributed by atoms with Crippen LogP contribution in [0.15, 0.2) is 36.5 Å². The fourth-order valence-corrected chi connectivity index (χ4v) is 2.19. The van der Waals surface area contributed by atoms with Crippen molar-refractivity contribution in [2.75, 3.05) is 6.54 Å². The molecule has 4 nitrogen and oxygen atoms in total. The van der Waals surface area contributed by atoms with Crippen LogP contribution in [0.25, 0.3) is 10.8 Å². The summed E-state index contributed by atoms with van der Waals surface area (Å²) in [4.78, 5) is 28.6. The van der Waals surface area contributed by atoms with E-state index >= 15 is 0 Å². The standard InChI is InChI=1S/C14H12N2O2/c17-13-6-14(18)16(9-13)8-12-5-10-3-1-2-4-11(10)7-15-12/h1-5,7H,6,8-9H2. The predicted octanol–water partition coefficient (Wildman–Crippen LogP) is 1.54. The van der Waals surface area contributed by atoms with Gasteiger partial charge in [0.05, 0.1) is 25.2 Å². The molecule has 0 aliphatic carbocycles. The van der Waals surface area contributed by atoms with Crippen LogP contribution in [0.5, 0.6) is 0 Å². The van der Waals surface area contributed by atoms with Crippen molar-refractivity contribution in [1.29, 1.82) is 0 Å². The Morgan fingerprint density at radius 1 is 1.17 bits per heavy atom. The lowest BCUT2D eigenvalue weighted by Gasteiger charge is -2.13. The van der Waals surface area contributed by atoms with E-state index in [0.29, 0.717) is 6.54 Å². The van der Waals surface area contributed by atoms with E-state index in [2.05, 4.69) is 4.98 Å². The van der Waals surface area contributed by atoms with Crippen molar-refractivity contribution in [3.05, 3.63) is 42.2 Å². The Hall–Kier alpha value is -2.23. The molecule has 0 N–H and O–H groups in total. The van der Waals surface area contributed by atoms with E-state index in [0.717, 1.165) is 16.5 Å². The van der Waals surface area contributed by atoms with E-state index in [1.54, 1.807) is 11.1 Å². The zero-order valence-corrected chi connectivity index (χ0v) is 9.80. The van der Waals surface area contributed by atoms with Crippen LogP contribution < -0.4 is 0 Å². The molecule has 0 saturated carbocycles. The molecule has 1 amide bonds. The molecule has 0 spiro atoms. The van der Waals surface area contributed by atoms with Gasteiger partial charge in [-0.25, -0.2) is 0 Å². The van der Waals surface area contributed by atoms with Gasteiger partial charge in [-0.05, 0) is 11.5 Å². The van der Waals surface area contributed by atoms with Gasteiger partial charge in [-0.15, -0.1) is 0 Å². The van der Waals surface area contributed by atoms with Crippen molar-refractivity contribution in [3.63, 3.8) is 0 Å². The molecule has 90 valence electrons. The third-order valence-electron chi connectivity index (χ3n) is 3.11. The molecule has 1 saturated heterocycles. The second kappa shape index (κ2) is 4.22. The minimum Gasteiger partial charge on any atom is -0.329 e. The van der Waals surface area contributed by atoms with Gasteiger partial charge in [0.2, 0.25) is 5.91 Å². The molecule has 0 atom stereocenters. The average molecular weight is 240 g/mol. The molecule has 2 aromatic rings. The number of likely N-dealkylation sites (tertiary alicyclic amines) is 1. The molecule has 1 aromatic heterocycles. The molecule has 18 heavy (non-hydrogen) atoms. The largest absolute Gasteiger partial charge is 0.329 e. The van der Waals surface area contributed by atoms with Gasteiger partial charge in [-0.2, -0.15) is 0 Å². The molecule has 0 radical (unpaired) electrons. The summed E-state index contributed by atoms with van der Waals surface area (Å²) in [5.74, 6) is -0.115. The van der Waals surface area contributed by atoms with Crippen molar-refractivity contribution in [2.24, 2.45) is 0 Å². The van der Waals surface area contributed by atoms with Crippen LogP contribution in [0.2, 0.25) is 0 Å². The number of fused-ring (bicyclic) bond motifs is 1. The summed E-state index contributed by atoms with van der Waals surface area (Å²) in [6.07, 6.45) is 1.83. The summed E-state index contributed by atoms with van der Waals surface area (Å²) in [6.45, 7) is 0.628. The number of aromatic nitrogens is 1. The second-order valence-corrected chi connectivity index (χ2v) is 4.49. The zero-order valence-electron chi connectivity index (χ0n) is 9.80. The minimum atomic E-state index is -0.102. The summed E-state index contributed by atoms with van der Waals surface area (Å²) in [5, 5.41) is 2.17. The van der Waals surface area contributed by atoms with Crippen LogP contribution in [-0.4, -0.2) is 28.1 Å². The number of carbonyl (C=O) groups is 2. The molecule has 4 heteroatoms. The van der Waals surface area contributed by atoms with Gasteiger partial charge in [-0.3, -0.25) is 14.6 Å². The zero-order chi connectivity index (χ0) is 12.5. The molecule has 1 fully saturated rings. The highest BCUT2D eigenvalue weighted by atomic mass is 16.2. The Morgan fingerprint density at radius 3 is 2.67 bits per heavy atom. The Morgan fingerprint density at radius 2 is 1.94 bits per heavy atom. The number of hydrogen-bond acceptors (Lipinski definition) is 3. The van der Waals surface area contributed by atoms with Gasteiger partial charge in [0.25, 0.3) is 0 Å². The van der Waals surface area contributed by atoms with Gasteiger partial charge in [0, 0.05) is 11.6 Å². The maximum Gasteiger partial charge on any atom is 0.230 e. The summed E-state index contributed by atoms with van der Waals surface area (Å²) in [7, 11) is 0. The molecule has 3 rings (SSSR count). The monoisotopic (exact) mass is 240 g/mol. The lowest BCUT2D eigenvalue weighted by molar-refractivity contribution is -0.128. The molecule has 0 unspecified atom stereocenters. The van der Waals surface area contributed by atoms with Gasteiger partial charge >= 0.3 is 0 Å². The van der Waals surface area contributed by atoms with Gasteiger partial charge in [-0.1, -0.05) is 24.3 Å². The van der Waals surface area contributed by atoms with E-state index in [9.17, 15) is 9.59 Å². The number of Topliss-reactive ketones (excluding diaryl/α,β-unsaturated/α-hetero) is 1. The van der Waals surface area contributed by atoms with Gasteiger partial charge in [0.15, 0.2) is 5.78 Å². The highest BCUT2D eigenvalue weighted by Crippen LogP contribution is 2.16. The van der Waals surface area contributed by atoms with Crippen molar-refractivity contribution in [3.8, 4) is 0 Å². The van der Waals surface area contributed by atoms with Crippen LogP contribution in [0.4, 0.5) is 0 Å². The fraction of sp³-hybridized carbons (Fsp3) is 0.214. The minimum absolute atomic E-state index is 0.0132. The number of amides is 1. The second-order valence-electron chi connectivity index (χ2n) is 4.49. The van der Waals surface area contributed by atoms with Gasteiger partial charge in [0.1, 0.15) is 0 Å². The summed E-state index contributed by atoms with van der Waals surface area (Å²) < 4.78 is 0. The number of pyridine rings is 1. The number of ketones is 1. The van der Waals surface area contributed by atoms with E-state index in [1.807, 2.05) is 30.3 Å². The van der Waals surface area contributed by atoms with E-state index < -0.39 is 0 Å². The Bertz CT molecular complexity index is 636. The van der Waals surface area contributed by atoms with Crippen molar-refractivity contribution in [2.45, 2.75) is 13.0 Å². The van der Waals surface area contributed by atoms with Crippen molar-refractivity contribution in [1.82, 2.24) is 9.88 Å². The van der Waals surface area contributed by atoms with Crippen LogP contribution >= 0.6 is 0 Å². The topological polar surface area (TPSA) is 50.3 Å². The molecule has 1 aliphatic rings. The first-order valence-corrected chi connectivity index (χ1v) is 5.85. The van der Waals surface area contributed by atoms with E-state index in [1.165, 1.54) is 0 Å². The lowest BCUT2D eigenvalue weighted by atomic mass is 10.1. The van der Waals surface area contributed by atoms with Crippen LogP contribution in [0, 0.1) is 0 Å². The number of hydrogen-bond donors (Lipinski definition) is 0. The van der Waals surface area contributed by atoms with Crippen molar-refractivity contribution >= 4 is 22.5 Å². The normalized spacial score (nSPS) is 15.7. The summed E-state index contributed by atoms with van der Waals surface area (Å²) >= 11 is 0. The average Bonchev–Trinajstić information content (AvgIpc) is 2.68. The quantitative estimate of drug-likeness (QED) is 0.748. The maximum absolute atomic E-state index is 11.5. The highest BCUT2D eigenvalue weighted by molar-refractivity contribution is 6.05. The third kappa shape index (κ3) is 1.97. The van der Waals surface area contributed by atoms with Crippen LogP contribution in [-0.2, 0) is 16.1 Å².